The van der Waals surface area contributed by atoms with Crippen LogP contribution in [0, 0.1) is 23.0 Å². The summed E-state index contributed by atoms with van der Waals surface area (Å²) >= 11 is 0. The van der Waals surface area contributed by atoms with E-state index >= 15 is 0 Å². The van der Waals surface area contributed by atoms with Crippen LogP contribution in [0.5, 0.6) is 0 Å². The van der Waals surface area contributed by atoms with Crippen molar-refractivity contribution in [1.82, 2.24) is 9.80 Å². The van der Waals surface area contributed by atoms with Gasteiger partial charge in [-0.15, -0.1) is 0 Å². The van der Waals surface area contributed by atoms with E-state index in [2.05, 4.69) is 13.8 Å². The first-order valence-corrected chi connectivity index (χ1v) is 9.70. The van der Waals surface area contributed by atoms with E-state index < -0.39 is 11.0 Å². The topological polar surface area (TPSA) is 110 Å². The molecule has 2 unspecified atom stereocenters. The zero-order valence-electron chi connectivity index (χ0n) is 17.1. The Kier molecular flexibility index (Phi) is 7.12. The maximum atomic E-state index is 12.9. The lowest BCUT2D eigenvalue weighted by atomic mass is 10.0. The summed E-state index contributed by atoms with van der Waals surface area (Å²) in [7, 11) is 1.74. The van der Waals surface area contributed by atoms with Crippen LogP contribution in [0.2, 0.25) is 0 Å². The number of nitro benzene ring substituents is 1. The minimum Gasteiger partial charge on any atom is -0.344 e. The molecule has 1 heterocycles. The normalized spacial score (nSPS) is 17.6. The number of likely N-dealkylation sites (tertiary alicyclic amines) is 1. The van der Waals surface area contributed by atoms with Gasteiger partial charge in [-0.2, -0.15) is 0 Å². The van der Waals surface area contributed by atoms with E-state index in [1.807, 2.05) is 0 Å². The van der Waals surface area contributed by atoms with E-state index in [0.29, 0.717) is 43.0 Å². The number of aryl methyl sites for hydroxylation is 1. The third kappa shape index (κ3) is 4.86. The Morgan fingerprint density at radius 3 is 2.64 bits per heavy atom. The number of rotatable bonds is 7. The van der Waals surface area contributed by atoms with E-state index in [1.54, 1.807) is 23.8 Å². The van der Waals surface area contributed by atoms with E-state index in [0.717, 1.165) is 6.42 Å². The third-order valence-corrected chi connectivity index (χ3v) is 5.47. The molecule has 2 atom stereocenters. The Hall–Kier alpha value is -2.48. The summed E-state index contributed by atoms with van der Waals surface area (Å²) in [4.78, 5) is 39.6. The van der Waals surface area contributed by atoms with E-state index in [-0.39, 0.29) is 23.5 Å². The van der Waals surface area contributed by atoms with Gasteiger partial charge in [0.25, 0.3) is 11.6 Å². The molecule has 0 spiro atoms. The Balaban J connectivity index is 2.09. The number of likely N-dealkylation sites (N-methyl/N-ethyl adjacent to an activating group) is 1. The lowest BCUT2D eigenvalue weighted by Crippen LogP contribution is -2.47. The number of nitro groups is 1. The van der Waals surface area contributed by atoms with Gasteiger partial charge in [0.05, 0.1) is 4.92 Å². The van der Waals surface area contributed by atoms with Crippen molar-refractivity contribution in [2.24, 2.45) is 11.7 Å². The van der Waals surface area contributed by atoms with Crippen LogP contribution < -0.4 is 5.73 Å². The molecule has 0 radical (unpaired) electrons. The summed E-state index contributed by atoms with van der Waals surface area (Å²) in [5, 5.41) is 11.0. The molecule has 0 aliphatic carbocycles. The molecule has 1 saturated heterocycles. The second-order valence-corrected chi connectivity index (χ2v) is 7.87. The SMILES string of the molecule is Cc1cc(C(=O)N2CCCC2C(=O)N(C)CCC(N)C(C)C)ccc1[N+](=O)[O-]. The Labute approximate surface area is 165 Å². The highest BCUT2D eigenvalue weighted by Gasteiger charge is 2.36. The molecule has 1 aromatic rings. The summed E-state index contributed by atoms with van der Waals surface area (Å²) in [6, 6.07) is 3.85. The number of hydrogen-bond acceptors (Lipinski definition) is 5. The number of carbonyl (C=O) groups is 2. The zero-order chi connectivity index (χ0) is 21.0. The van der Waals surface area contributed by atoms with Gasteiger partial charge in [-0.3, -0.25) is 19.7 Å². The van der Waals surface area contributed by atoms with Gasteiger partial charge < -0.3 is 15.5 Å². The minimum atomic E-state index is -0.497. The first-order chi connectivity index (χ1) is 13.1. The quantitative estimate of drug-likeness (QED) is 0.567. The van der Waals surface area contributed by atoms with Gasteiger partial charge in [0.15, 0.2) is 0 Å². The predicted octanol–water partition coefficient (Wildman–Crippen LogP) is 2.34. The van der Waals surface area contributed by atoms with Gasteiger partial charge in [0, 0.05) is 43.4 Å². The van der Waals surface area contributed by atoms with Crippen molar-refractivity contribution in [3.63, 3.8) is 0 Å². The van der Waals surface area contributed by atoms with Crippen LogP contribution in [0.1, 0.15) is 49.0 Å². The maximum Gasteiger partial charge on any atom is 0.272 e. The Morgan fingerprint density at radius 1 is 1.39 bits per heavy atom. The zero-order valence-corrected chi connectivity index (χ0v) is 17.1. The van der Waals surface area contributed by atoms with Crippen molar-refractivity contribution >= 4 is 17.5 Å². The van der Waals surface area contributed by atoms with Crippen LogP contribution in [0.4, 0.5) is 5.69 Å². The van der Waals surface area contributed by atoms with Gasteiger partial charge in [-0.05, 0) is 44.2 Å². The summed E-state index contributed by atoms with van der Waals surface area (Å²) in [6.45, 7) is 6.76. The highest BCUT2D eigenvalue weighted by Crippen LogP contribution is 2.25. The van der Waals surface area contributed by atoms with Crippen molar-refractivity contribution in [3.8, 4) is 0 Å². The van der Waals surface area contributed by atoms with Crippen molar-refractivity contribution in [3.05, 3.63) is 39.4 Å². The van der Waals surface area contributed by atoms with Gasteiger partial charge in [-0.25, -0.2) is 0 Å². The molecule has 0 saturated carbocycles. The summed E-state index contributed by atoms with van der Waals surface area (Å²) in [6.07, 6.45) is 2.09. The first kappa shape index (κ1) is 21.8. The fourth-order valence-corrected chi connectivity index (χ4v) is 3.47. The van der Waals surface area contributed by atoms with Crippen molar-refractivity contribution < 1.29 is 14.5 Å². The molecule has 2 rings (SSSR count). The Bertz CT molecular complexity index is 750. The van der Waals surface area contributed by atoms with Gasteiger partial charge >= 0.3 is 0 Å². The van der Waals surface area contributed by atoms with Crippen molar-refractivity contribution in [1.29, 1.82) is 0 Å². The molecular weight excluding hydrogens is 360 g/mol. The number of carbonyl (C=O) groups excluding carboxylic acids is 2. The molecule has 1 aromatic carbocycles. The predicted molar refractivity (Wildman–Crippen MR) is 107 cm³/mol. The van der Waals surface area contributed by atoms with Crippen LogP contribution >= 0.6 is 0 Å². The summed E-state index contributed by atoms with van der Waals surface area (Å²) < 4.78 is 0. The average Bonchev–Trinajstić information content (AvgIpc) is 3.13. The largest absolute Gasteiger partial charge is 0.344 e. The number of benzene rings is 1. The first-order valence-electron chi connectivity index (χ1n) is 9.70. The molecule has 0 bridgehead atoms. The molecule has 154 valence electrons. The molecule has 1 aliphatic heterocycles. The lowest BCUT2D eigenvalue weighted by molar-refractivity contribution is -0.385. The van der Waals surface area contributed by atoms with Crippen LogP contribution in [-0.2, 0) is 4.79 Å². The molecule has 8 nitrogen and oxygen atoms in total. The monoisotopic (exact) mass is 390 g/mol. The molecule has 28 heavy (non-hydrogen) atoms. The number of hydrogen-bond donors (Lipinski definition) is 1. The molecule has 8 heteroatoms. The summed E-state index contributed by atoms with van der Waals surface area (Å²) in [5.41, 5.74) is 6.84. The molecule has 2 amide bonds. The number of nitrogens with two attached hydrogens (primary N) is 1. The van der Waals surface area contributed by atoms with Crippen LogP contribution in [-0.4, -0.2) is 58.8 Å². The molecule has 1 fully saturated rings. The standard InChI is InChI=1S/C20H30N4O4/c1-13(2)16(21)9-11-22(4)20(26)18-6-5-10-23(18)19(25)15-7-8-17(24(27)28)14(3)12-15/h7-8,12-13,16,18H,5-6,9-11,21H2,1-4H3. The molecular formula is C20H30N4O4. The fourth-order valence-electron chi connectivity index (χ4n) is 3.47. The lowest BCUT2D eigenvalue weighted by Gasteiger charge is -2.29. The third-order valence-electron chi connectivity index (χ3n) is 5.47. The fraction of sp³-hybridized carbons (Fsp3) is 0.600. The van der Waals surface area contributed by atoms with Crippen LogP contribution in [0.25, 0.3) is 0 Å². The number of nitrogens with zero attached hydrogens (tertiary/aromatic N) is 3. The van der Waals surface area contributed by atoms with E-state index in [1.165, 1.54) is 18.2 Å². The van der Waals surface area contributed by atoms with Crippen molar-refractivity contribution in [2.45, 2.75) is 52.1 Å². The highest BCUT2D eigenvalue weighted by atomic mass is 16.6. The second-order valence-electron chi connectivity index (χ2n) is 7.87. The van der Waals surface area contributed by atoms with Gasteiger partial charge in [-0.1, -0.05) is 13.8 Å². The Morgan fingerprint density at radius 2 is 2.07 bits per heavy atom. The van der Waals surface area contributed by atoms with E-state index in [4.69, 9.17) is 5.73 Å². The molecule has 2 N–H and O–H groups in total. The van der Waals surface area contributed by atoms with Gasteiger partial charge in [0.2, 0.25) is 5.91 Å². The average molecular weight is 390 g/mol. The summed E-state index contributed by atoms with van der Waals surface area (Å²) in [5.74, 6) is 0.00000493. The van der Waals surface area contributed by atoms with E-state index in [9.17, 15) is 19.7 Å². The second kappa shape index (κ2) is 9.14. The smallest absolute Gasteiger partial charge is 0.272 e. The molecule has 1 aliphatic rings. The van der Waals surface area contributed by atoms with Gasteiger partial charge in [0.1, 0.15) is 6.04 Å². The van der Waals surface area contributed by atoms with Crippen LogP contribution in [0.15, 0.2) is 18.2 Å². The highest BCUT2D eigenvalue weighted by molar-refractivity contribution is 5.98. The van der Waals surface area contributed by atoms with Crippen molar-refractivity contribution in [2.75, 3.05) is 20.1 Å². The number of amides is 2. The maximum absolute atomic E-state index is 12.9. The molecule has 0 aromatic heterocycles. The van der Waals surface area contributed by atoms with Crippen LogP contribution in [0.3, 0.4) is 0 Å². The minimum absolute atomic E-state index is 0.0215.